The number of rotatable bonds is 1. The molecule has 1 aromatic rings. The van der Waals surface area contributed by atoms with Crippen LogP contribution in [-0.4, -0.2) is 0 Å². The number of benzene rings is 1. The SMILES string of the molecule is Cc1cc(C(C)(C)C)cc(C)c1CC#N. The van der Waals surface area contributed by atoms with Crippen molar-refractivity contribution in [1.82, 2.24) is 0 Å². The predicted molar refractivity (Wildman–Crippen MR) is 63.9 cm³/mol. The van der Waals surface area contributed by atoms with Gasteiger partial charge < -0.3 is 0 Å². The summed E-state index contributed by atoms with van der Waals surface area (Å²) in [6, 6.07) is 6.64. The van der Waals surface area contributed by atoms with Gasteiger partial charge in [-0.25, -0.2) is 0 Å². The van der Waals surface area contributed by atoms with Crippen molar-refractivity contribution in [1.29, 1.82) is 5.26 Å². The molecule has 0 aromatic heterocycles. The highest BCUT2D eigenvalue weighted by atomic mass is 14.2. The highest BCUT2D eigenvalue weighted by Crippen LogP contribution is 2.26. The first-order valence-corrected chi connectivity index (χ1v) is 5.34. The lowest BCUT2D eigenvalue weighted by Crippen LogP contribution is -2.12. The maximum absolute atomic E-state index is 8.75. The van der Waals surface area contributed by atoms with Crippen molar-refractivity contribution in [2.45, 2.75) is 46.5 Å². The van der Waals surface area contributed by atoms with Gasteiger partial charge in [0.25, 0.3) is 0 Å². The predicted octanol–water partition coefficient (Wildman–Crippen LogP) is 3.67. The van der Waals surface area contributed by atoms with E-state index in [4.69, 9.17) is 5.26 Å². The molecule has 0 aliphatic heterocycles. The number of aryl methyl sites for hydroxylation is 2. The normalized spacial score (nSPS) is 11.2. The van der Waals surface area contributed by atoms with Gasteiger partial charge in [0.2, 0.25) is 0 Å². The molecule has 0 fully saturated rings. The number of hydrogen-bond donors (Lipinski definition) is 0. The molecule has 1 heteroatoms. The Morgan fingerprint density at radius 2 is 1.60 bits per heavy atom. The molecule has 0 atom stereocenters. The fourth-order valence-corrected chi connectivity index (χ4v) is 1.78. The zero-order valence-electron chi connectivity index (χ0n) is 10.3. The lowest BCUT2D eigenvalue weighted by molar-refractivity contribution is 0.589. The van der Waals surface area contributed by atoms with Crippen molar-refractivity contribution < 1.29 is 0 Å². The fraction of sp³-hybridized carbons (Fsp3) is 0.500. The van der Waals surface area contributed by atoms with Gasteiger partial charge in [0, 0.05) is 0 Å². The van der Waals surface area contributed by atoms with E-state index in [9.17, 15) is 0 Å². The van der Waals surface area contributed by atoms with E-state index in [1.54, 1.807) is 0 Å². The molecule has 0 saturated carbocycles. The fourth-order valence-electron chi connectivity index (χ4n) is 1.78. The average Bonchev–Trinajstić information content (AvgIpc) is 2.09. The Balaban J connectivity index is 3.27. The van der Waals surface area contributed by atoms with E-state index in [-0.39, 0.29) is 5.41 Å². The van der Waals surface area contributed by atoms with Crippen LogP contribution in [0.1, 0.15) is 43.0 Å². The lowest BCUT2D eigenvalue weighted by Gasteiger charge is -2.21. The summed E-state index contributed by atoms with van der Waals surface area (Å²) >= 11 is 0. The third-order valence-corrected chi connectivity index (χ3v) is 2.82. The van der Waals surface area contributed by atoms with Crippen molar-refractivity contribution in [3.05, 3.63) is 34.4 Å². The standard InChI is InChI=1S/C14H19N/c1-10-8-12(14(3,4)5)9-11(2)13(10)6-7-15/h8-9H,6H2,1-5H3. The van der Waals surface area contributed by atoms with E-state index in [1.807, 2.05) is 0 Å². The first-order chi connectivity index (χ1) is 6.86. The van der Waals surface area contributed by atoms with E-state index in [0.717, 1.165) is 0 Å². The molecule has 0 amide bonds. The van der Waals surface area contributed by atoms with Gasteiger partial charge in [-0.3, -0.25) is 0 Å². The summed E-state index contributed by atoms with van der Waals surface area (Å²) in [6.45, 7) is 10.8. The van der Waals surface area contributed by atoms with Gasteiger partial charge in [-0.1, -0.05) is 32.9 Å². The van der Waals surface area contributed by atoms with Crippen molar-refractivity contribution in [2.75, 3.05) is 0 Å². The molecule has 0 saturated heterocycles. The molecule has 0 bridgehead atoms. The van der Waals surface area contributed by atoms with Gasteiger partial charge in [0.1, 0.15) is 0 Å². The molecule has 1 nitrogen and oxygen atoms in total. The van der Waals surface area contributed by atoms with Gasteiger partial charge >= 0.3 is 0 Å². The molecule has 0 unspecified atom stereocenters. The zero-order chi connectivity index (χ0) is 11.6. The van der Waals surface area contributed by atoms with Crippen LogP contribution in [0.25, 0.3) is 0 Å². The Kier molecular flexibility index (Phi) is 3.19. The second-order valence-corrected chi connectivity index (χ2v) is 5.17. The van der Waals surface area contributed by atoms with Crippen LogP contribution < -0.4 is 0 Å². The lowest BCUT2D eigenvalue weighted by atomic mass is 9.83. The van der Waals surface area contributed by atoms with Crippen molar-refractivity contribution in [2.24, 2.45) is 0 Å². The summed E-state index contributed by atoms with van der Waals surface area (Å²) in [5.74, 6) is 0. The van der Waals surface area contributed by atoms with E-state index in [0.29, 0.717) is 6.42 Å². The van der Waals surface area contributed by atoms with Gasteiger partial charge in [-0.2, -0.15) is 5.26 Å². The quantitative estimate of drug-likeness (QED) is 0.680. The van der Waals surface area contributed by atoms with Crippen LogP contribution in [0.2, 0.25) is 0 Å². The molecule has 0 N–H and O–H groups in total. The summed E-state index contributed by atoms with van der Waals surface area (Å²) < 4.78 is 0. The van der Waals surface area contributed by atoms with Gasteiger partial charge in [0.15, 0.2) is 0 Å². The molecule has 0 aliphatic rings. The zero-order valence-corrected chi connectivity index (χ0v) is 10.3. The summed E-state index contributed by atoms with van der Waals surface area (Å²) in [5, 5.41) is 8.75. The summed E-state index contributed by atoms with van der Waals surface area (Å²) in [4.78, 5) is 0. The second-order valence-electron chi connectivity index (χ2n) is 5.17. The van der Waals surface area contributed by atoms with Crippen LogP contribution in [-0.2, 0) is 11.8 Å². The molecule has 80 valence electrons. The van der Waals surface area contributed by atoms with Crippen LogP contribution >= 0.6 is 0 Å². The molecule has 1 rings (SSSR count). The van der Waals surface area contributed by atoms with Crippen molar-refractivity contribution in [3.8, 4) is 6.07 Å². The Morgan fingerprint density at radius 1 is 1.13 bits per heavy atom. The van der Waals surface area contributed by atoms with E-state index in [2.05, 4.69) is 52.8 Å². The second kappa shape index (κ2) is 4.06. The maximum atomic E-state index is 8.75. The van der Waals surface area contributed by atoms with Gasteiger partial charge in [-0.15, -0.1) is 0 Å². The minimum absolute atomic E-state index is 0.181. The average molecular weight is 201 g/mol. The van der Waals surface area contributed by atoms with E-state index >= 15 is 0 Å². The molecule has 1 aromatic carbocycles. The van der Waals surface area contributed by atoms with Crippen LogP contribution in [0.15, 0.2) is 12.1 Å². The highest BCUT2D eigenvalue weighted by molar-refractivity contribution is 5.41. The summed E-state index contributed by atoms with van der Waals surface area (Å²) in [6.07, 6.45) is 0.516. The number of hydrogen-bond acceptors (Lipinski definition) is 1. The molecule has 0 heterocycles. The largest absolute Gasteiger partial charge is 0.198 e. The van der Waals surface area contributed by atoms with Crippen molar-refractivity contribution in [3.63, 3.8) is 0 Å². The van der Waals surface area contributed by atoms with E-state index < -0.39 is 0 Å². The number of nitriles is 1. The third-order valence-electron chi connectivity index (χ3n) is 2.82. The van der Waals surface area contributed by atoms with E-state index in [1.165, 1.54) is 22.3 Å². The Hall–Kier alpha value is -1.29. The molecule has 0 spiro atoms. The Morgan fingerprint density at radius 3 is 1.93 bits per heavy atom. The molecule has 15 heavy (non-hydrogen) atoms. The van der Waals surface area contributed by atoms with Crippen LogP contribution in [0.4, 0.5) is 0 Å². The third kappa shape index (κ3) is 2.59. The monoisotopic (exact) mass is 201 g/mol. The van der Waals surface area contributed by atoms with Crippen LogP contribution in [0, 0.1) is 25.2 Å². The van der Waals surface area contributed by atoms with Gasteiger partial charge in [-0.05, 0) is 41.5 Å². The van der Waals surface area contributed by atoms with Crippen molar-refractivity contribution >= 4 is 0 Å². The molecular formula is C14H19N. The smallest absolute Gasteiger partial charge is 0.0669 e. The van der Waals surface area contributed by atoms with Crippen LogP contribution in [0.3, 0.4) is 0 Å². The molecule has 0 aliphatic carbocycles. The number of nitrogens with zero attached hydrogens (tertiary/aromatic N) is 1. The minimum atomic E-state index is 0.181. The summed E-state index contributed by atoms with van der Waals surface area (Å²) in [5.41, 5.74) is 5.19. The maximum Gasteiger partial charge on any atom is 0.0669 e. The molecular weight excluding hydrogens is 182 g/mol. The molecule has 0 radical (unpaired) electrons. The summed E-state index contributed by atoms with van der Waals surface area (Å²) in [7, 11) is 0. The van der Waals surface area contributed by atoms with Gasteiger partial charge in [0.05, 0.1) is 12.5 Å². The highest BCUT2D eigenvalue weighted by Gasteiger charge is 2.15. The Labute approximate surface area is 92.7 Å². The minimum Gasteiger partial charge on any atom is -0.198 e. The first kappa shape index (κ1) is 11.8. The van der Waals surface area contributed by atoms with Crippen LogP contribution in [0.5, 0.6) is 0 Å². The first-order valence-electron chi connectivity index (χ1n) is 5.34. The topological polar surface area (TPSA) is 23.8 Å². The Bertz CT molecular complexity index is 379.